The van der Waals surface area contributed by atoms with E-state index in [1.165, 1.54) is 29.5 Å². The number of aromatic nitrogens is 1. The number of nitrogens with zero attached hydrogens (tertiary/aromatic N) is 1. The number of aryl methyl sites for hydroxylation is 2. The molecule has 3 heterocycles. The number of benzene rings is 1. The van der Waals surface area contributed by atoms with Crippen molar-refractivity contribution in [3.05, 3.63) is 35.0 Å². The second-order valence-electron chi connectivity index (χ2n) is 9.14. The Morgan fingerprint density at radius 3 is 2.67 bits per heavy atom. The molecule has 1 aliphatic carbocycles. The van der Waals surface area contributed by atoms with Gasteiger partial charge in [-0.3, -0.25) is 9.59 Å². The van der Waals surface area contributed by atoms with E-state index in [1.807, 2.05) is 17.0 Å². The van der Waals surface area contributed by atoms with E-state index in [-0.39, 0.29) is 29.7 Å². The Labute approximate surface area is 177 Å². The van der Waals surface area contributed by atoms with E-state index in [0.717, 1.165) is 49.6 Å². The number of piperidine rings is 1. The molecule has 2 aliphatic heterocycles. The average molecular weight is 410 g/mol. The molecule has 2 unspecified atom stereocenters. The lowest BCUT2D eigenvalue weighted by Crippen LogP contribution is -2.56. The average Bonchev–Trinajstić information content (AvgIpc) is 3.16. The van der Waals surface area contributed by atoms with Gasteiger partial charge in [0.25, 0.3) is 5.91 Å². The molecule has 0 saturated carbocycles. The van der Waals surface area contributed by atoms with E-state index in [0.29, 0.717) is 19.8 Å². The summed E-state index contributed by atoms with van der Waals surface area (Å²) in [5.74, 6) is -0.247. The number of H-pyrrole nitrogens is 1. The number of carbonyl (C=O) groups is 2. The fraction of sp³-hybridized carbons (Fsp3) is 0.583. The van der Waals surface area contributed by atoms with Gasteiger partial charge in [-0.2, -0.15) is 0 Å². The van der Waals surface area contributed by atoms with Gasteiger partial charge < -0.3 is 20.4 Å². The maximum absolute atomic E-state index is 13.7. The van der Waals surface area contributed by atoms with Gasteiger partial charge in [-0.25, -0.2) is 0 Å². The predicted octanol–water partition coefficient (Wildman–Crippen LogP) is 3.18. The molecule has 2 saturated heterocycles. The summed E-state index contributed by atoms with van der Waals surface area (Å²) >= 11 is 0. The number of carbonyl (C=O) groups excluding carboxylic acids is 2. The van der Waals surface area contributed by atoms with Gasteiger partial charge in [-0.1, -0.05) is 0 Å². The molecule has 0 spiro atoms. The summed E-state index contributed by atoms with van der Waals surface area (Å²) < 4.78 is 5.54. The Morgan fingerprint density at radius 1 is 1.07 bits per heavy atom. The first-order valence-electron chi connectivity index (χ1n) is 11.4. The first-order valence-corrected chi connectivity index (χ1v) is 11.4. The van der Waals surface area contributed by atoms with Gasteiger partial charge in [-0.05, 0) is 81.0 Å². The summed E-state index contributed by atoms with van der Waals surface area (Å²) in [6.45, 7) is 2.07. The first-order chi connectivity index (χ1) is 14.6. The van der Waals surface area contributed by atoms with Crippen LogP contribution in [0.5, 0.6) is 0 Å². The van der Waals surface area contributed by atoms with Crippen molar-refractivity contribution in [1.82, 2.24) is 9.88 Å². The SMILES string of the molecule is NC(=O)C1CCCN(C(=O)c2ccc3[nH]c4c(c3c2)CCCC4)C1C1CCOCC1. The molecule has 2 fully saturated rings. The van der Waals surface area contributed by atoms with E-state index in [2.05, 4.69) is 11.1 Å². The van der Waals surface area contributed by atoms with Crippen LogP contribution in [-0.2, 0) is 22.4 Å². The molecule has 2 aromatic rings. The highest BCUT2D eigenvalue weighted by atomic mass is 16.5. The smallest absolute Gasteiger partial charge is 0.254 e. The standard InChI is InChI=1S/C24H31N3O3/c25-23(28)18-5-3-11-27(22(18)15-9-12-30-13-10-15)24(29)16-7-8-21-19(14-16)17-4-1-2-6-20(17)26-21/h7-8,14-15,18,22,26H,1-6,9-13H2,(H2,25,28). The van der Waals surface area contributed by atoms with Gasteiger partial charge in [0.2, 0.25) is 5.91 Å². The molecule has 5 rings (SSSR count). The Bertz CT molecular complexity index is 960. The van der Waals surface area contributed by atoms with Crippen LogP contribution in [0.25, 0.3) is 10.9 Å². The van der Waals surface area contributed by atoms with Gasteiger partial charge in [0.1, 0.15) is 0 Å². The van der Waals surface area contributed by atoms with Crippen molar-refractivity contribution in [2.45, 2.75) is 57.4 Å². The first kappa shape index (κ1) is 19.6. The molecule has 0 radical (unpaired) electrons. The van der Waals surface area contributed by atoms with Gasteiger partial charge in [-0.15, -0.1) is 0 Å². The van der Waals surface area contributed by atoms with Crippen molar-refractivity contribution in [2.75, 3.05) is 19.8 Å². The maximum atomic E-state index is 13.7. The van der Waals surface area contributed by atoms with Gasteiger partial charge in [0.05, 0.1) is 5.92 Å². The minimum Gasteiger partial charge on any atom is -0.381 e. The molecule has 2 amide bonds. The fourth-order valence-electron chi connectivity index (χ4n) is 5.91. The summed E-state index contributed by atoms with van der Waals surface area (Å²) in [5.41, 5.74) is 10.3. The molecular weight excluding hydrogens is 378 g/mol. The number of hydrogen-bond donors (Lipinski definition) is 2. The van der Waals surface area contributed by atoms with Gasteiger partial charge >= 0.3 is 0 Å². The van der Waals surface area contributed by atoms with E-state index in [4.69, 9.17) is 10.5 Å². The van der Waals surface area contributed by atoms with E-state index in [9.17, 15) is 9.59 Å². The molecule has 1 aromatic carbocycles. The second-order valence-corrected chi connectivity index (χ2v) is 9.14. The number of hydrogen-bond acceptors (Lipinski definition) is 3. The second kappa shape index (κ2) is 8.06. The van der Waals surface area contributed by atoms with E-state index >= 15 is 0 Å². The minimum absolute atomic E-state index is 0.0325. The highest BCUT2D eigenvalue weighted by Gasteiger charge is 2.42. The third-order valence-electron chi connectivity index (χ3n) is 7.41. The molecule has 2 atom stereocenters. The number of likely N-dealkylation sites (tertiary alicyclic amines) is 1. The third kappa shape index (κ3) is 3.41. The molecule has 3 N–H and O–H groups in total. The molecule has 0 bridgehead atoms. The molecule has 3 aliphatic rings. The quantitative estimate of drug-likeness (QED) is 0.816. The summed E-state index contributed by atoms with van der Waals surface area (Å²) in [4.78, 5) is 31.4. The number of nitrogens with two attached hydrogens (primary N) is 1. The summed E-state index contributed by atoms with van der Waals surface area (Å²) in [6.07, 6.45) is 7.94. The number of nitrogens with one attached hydrogen (secondary N) is 1. The molecule has 160 valence electrons. The largest absolute Gasteiger partial charge is 0.381 e. The van der Waals surface area contributed by atoms with Crippen molar-refractivity contribution < 1.29 is 14.3 Å². The van der Waals surface area contributed by atoms with Crippen LogP contribution in [0, 0.1) is 11.8 Å². The van der Waals surface area contributed by atoms with Crippen molar-refractivity contribution >= 4 is 22.7 Å². The van der Waals surface area contributed by atoms with Crippen LogP contribution in [0.3, 0.4) is 0 Å². The number of rotatable bonds is 3. The summed E-state index contributed by atoms with van der Waals surface area (Å²) in [5, 5.41) is 1.18. The fourth-order valence-corrected chi connectivity index (χ4v) is 5.91. The zero-order valence-corrected chi connectivity index (χ0v) is 17.5. The lowest BCUT2D eigenvalue weighted by Gasteiger charge is -2.45. The highest BCUT2D eigenvalue weighted by Crippen LogP contribution is 2.36. The zero-order valence-electron chi connectivity index (χ0n) is 17.5. The zero-order chi connectivity index (χ0) is 20.7. The Hall–Kier alpha value is -2.34. The van der Waals surface area contributed by atoms with Crippen LogP contribution in [0.2, 0.25) is 0 Å². The van der Waals surface area contributed by atoms with Crippen molar-refractivity contribution in [3.8, 4) is 0 Å². The van der Waals surface area contributed by atoms with Crippen molar-refractivity contribution in [1.29, 1.82) is 0 Å². The van der Waals surface area contributed by atoms with Crippen molar-refractivity contribution in [2.24, 2.45) is 17.6 Å². The van der Waals surface area contributed by atoms with Crippen LogP contribution in [0.15, 0.2) is 18.2 Å². The normalized spacial score (nSPS) is 25.3. The van der Waals surface area contributed by atoms with Crippen LogP contribution in [0.4, 0.5) is 0 Å². The molecule has 1 aromatic heterocycles. The number of aromatic amines is 1. The summed E-state index contributed by atoms with van der Waals surface area (Å²) in [6, 6.07) is 5.91. The number of primary amides is 1. The third-order valence-corrected chi connectivity index (χ3v) is 7.41. The van der Waals surface area contributed by atoms with Crippen LogP contribution < -0.4 is 5.73 Å². The van der Waals surface area contributed by atoms with Gasteiger partial charge in [0.15, 0.2) is 0 Å². The van der Waals surface area contributed by atoms with Crippen LogP contribution in [-0.4, -0.2) is 47.5 Å². The lowest BCUT2D eigenvalue weighted by atomic mass is 9.77. The monoisotopic (exact) mass is 409 g/mol. The number of amides is 2. The lowest BCUT2D eigenvalue weighted by molar-refractivity contribution is -0.126. The molecule has 6 heteroatoms. The molecular formula is C24H31N3O3. The topological polar surface area (TPSA) is 88.4 Å². The van der Waals surface area contributed by atoms with E-state index in [1.54, 1.807) is 0 Å². The molecule has 6 nitrogen and oxygen atoms in total. The number of ether oxygens (including phenoxy) is 1. The van der Waals surface area contributed by atoms with E-state index < -0.39 is 0 Å². The van der Waals surface area contributed by atoms with Gasteiger partial charge in [0, 0.05) is 48.0 Å². The maximum Gasteiger partial charge on any atom is 0.254 e. The molecule has 30 heavy (non-hydrogen) atoms. The summed E-state index contributed by atoms with van der Waals surface area (Å²) in [7, 11) is 0. The minimum atomic E-state index is -0.279. The van der Waals surface area contributed by atoms with Crippen LogP contribution >= 0.6 is 0 Å². The Balaban J connectivity index is 1.49. The highest BCUT2D eigenvalue weighted by molar-refractivity contribution is 5.99. The predicted molar refractivity (Wildman–Crippen MR) is 115 cm³/mol. The van der Waals surface area contributed by atoms with Crippen molar-refractivity contribution in [3.63, 3.8) is 0 Å². The van der Waals surface area contributed by atoms with Crippen LogP contribution in [0.1, 0.15) is 60.1 Å². The number of fused-ring (bicyclic) bond motifs is 3. The Morgan fingerprint density at radius 2 is 1.87 bits per heavy atom. The Kier molecular flexibility index (Phi) is 5.27.